The van der Waals surface area contributed by atoms with Gasteiger partial charge >= 0.3 is 0 Å². The maximum absolute atomic E-state index is 4.58. The molecule has 104 valence electrons. The van der Waals surface area contributed by atoms with Crippen LogP contribution in [0, 0.1) is 0 Å². The Morgan fingerprint density at radius 2 is 2.22 bits per heavy atom. The molecule has 0 amide bonds. The predicted octanol–water partition coefficient (Wildman–Crippen LogP) is 3.26. The van der Waals surface area contributed by atoms with Gasteiger partial charge < -0.3 is 10.6 Å². The quantitative estimate of drug-likeness (QED) is 0.451. The zero-order valence-corrected chi connectivity index (χ0v) is 14.5. The Morgan fingerprint density at radius 1 is 1.44 bits per heavy atom. The summed E-state index contributed by atoms with van der Waals surface area (Å²) in [6, 6.07) is 4.72. The second-order valence-electron chi connectivity index (χ2n) is 4.04. The largest absolute Gasteiger partial charge is 0.357 e. The van der Waals surface area contributed by atoms with Gasteiger partial charge in [0.2, 0.25) is 0 Å². The molecule has 1 atom stereocenters. The highest BCUT2D eigenvalue weighted by Gasteiger charge is 2.01. The van der Waals surface area contributed by atoms with Gasteiger partial charge in [0, 0.05) is 30.4 Å². The Balaban J connectivity index is 0.00000289. The molecule has 1 rings (SSSR count). The highest BCUT2D eigenvalue weighted by molar-refractivity contribution is 14.0. The van der Waals surface area contributed by atoms with Crippen LogP contribution in [0.2, 0.25) is 0 Å². The predicted molar refractivity (Wildman–Crippen MR) is 92.3 cm³/mol. The molecule has 0 saturated heterocycles. The molecule has 1 aromatic heterocycles. The van der Waals surface area contributed by atoms with Crippen LogP contribution >= 0.6 is 35.3 Å². The summed E-state index contributed by atoms with van der Waals surface area (Å²) in [4.78, 5) is 5.97. The second kappa shape index (κ2) is 10.6. The van der Waals surface area contributed by atoms with Crippen LogP contribution in [-0.4, -0.2) is 25.1 Å². The fourth-order valence-electron chi connectivity index (χ4n) is 1.39. The Labute approximate surface area is 131 Å². The molecule has 1 aromatic rings. The van der Waals surface area contributed by atoms with E-state index in [9.17, 15) is 0 Å². The van der Waals surface area contributed by atoms with Crippen LogP contribution in [-0.2, 0) is 6.42 Å². The van der Waals surface area contributed by atoms with E-state index >= 15 is 0 Å². The normalized spacial score (nSPS) is 12.7. The summed E-state index contributed by atoms with van der Waals surface area (Å²) in [5, 5.41) is 8.77. The van der Waals surface area contributed by atoms with Crippen molar-refractivity contribution in [3.05, 3.63) is 22.4 Å². The number of halogens is 1. The number of aliphatic imine (C=N–C) groups is 1. The average molecular weight is 381 g/mol. The summed E-state index contributed by atoms with van der Waals surface area (Å²) in [6.45, 7) is 8.18. The third kappa shape index (κ3) is 7.20. The molecule has 18 heavy (non-hydrogen) atoms. The number of hydrogen-bond donors (Lipinski definition) is 2. The van der Waals surface area contributed by atoms with E-state index < -0.39 is 0 Å². The third-order valence-corrected chi connectivity index (χ3v) is 3.48. The van der Waals surface area contributed by atoms with Crippen molar-refractivity contribution >= 4 is 41.3 Å². The van der Waals surface area contributed by atoms with Crippen molar-refractivity contribution < 1.29 is 0 Å². The molecule has 0 aliphatic carbocycles. The van der Waals surface area contributed by atoms with Crippen molar-refractivity contribution in [2.45, 2.75) is 39.7 Å². The monoisotopic (exact) mass is 381 g/mol. The van der Waals surface area contributed by atoms with E-state index in [4.69, 9.17) is 0 Å². The van der Waals surface area contributed by atoms with Crippen molar-refractivity contribution in [3.63, 3.8) is 0 Å². The third-order valence-electron chi connectivity index (χ3n) is 2.55. The van der Waals surface area contributed by atoms with Crippen molar-refractivity contribution in [1.29, 1.82) is 0 Å². The molecule has 1 unspecified atom stereocenters. The van der Waals surface area contributed by atoms with Crippen molar-refractivity contribution in [2.75, 3.05) is 13.1 Å². The van der Waals surface area contributed by atoms with Crippen LogP contribution in [0.15, 0.2) is 22.5 Å². The van der Waals surface area contributed by atoms with E-state index in [1.165, 1.54) is 4.88 Å². The van der Waals surface area contributed by atoms with Crippen LogP contribution in [0.1, 0.15) is 32.1 Å². The van der Waals surface area contributed by atoms with Crippen molar-refractivity contribution in [1.82, 2.24) is 10.6 Å². The Morgan fingerprint density at radius 3 is 2.78 bits per heavy atom. The molecule has 0 aromatic carbocycles. The molecule has 0 aliphatic rings. The van der Waals surface area contributed by atoms with E-state index in [2.05, 4.69) is 53.9 Å². The van der Waals surface area contributed by atoms with Gasteiger partial charge in [-0.25, -0.2) is 0 Å². The highest BCUT2D eigenvalue weighted by Crippen LogP contribution is 2.08. The molecule has 0 spiro atoms. The van der Waals surface area contributed by atoms with Crippen LogP contribution in [0.4, 0.5) is 0 Å². The fourth-order valence-corrected chi connectivity index (χ4v) is 2.09. The van der Waals surface area contributed by atoms with Crippen LogP contribution in [0.3, 0.4) is 0 Å². The Hall–Kier alpha value is -0.300. The van der Waals surface area contributed by atoms with E-state index in [-0.39, 0.29) is 24.0 Å². The SMILES string of the molecule is CCNC(=NCCc1cccs1)NC(C)CC.I. The van der Waals surface area contributed by atoms with Gasteiger partial charge in [0.05, 0.1) is 0 Å². The minimum absolute atomic E-state index is 0. The lowest BCUT2D eigenvalue weighted by Gasteiger charge is -2.16. The zero-order chi connectivity index (χ0) is 12.5. The number of rotatable bonds is 6. The lowest BCUT2D eigenvalue weighted by molar-refractivity contribution is 0.624. The summed E-state index contributed by atoms with van der Waals surface area (Å²) in [5.74, 6) is 0.929. The molecule has 5 heteroatoms. The molecule has 0 saturated carbocycles. The van der Waals surface area contributed by atoms with Gasteiger partial charge in [-0.15, -0.1) is 35.3 Å². The molecule has 1 heterocycles. The smallest absolute Gasteiger partial charge is 0.191 e. The zero-order valence-electron chi connectivity index (χ0n) is 11.4. The number of nitrogens with one attached hydrogen (secondary N) is 2. The van der Waals surface area contributed by atoms with E-state index in [1.54, 1.807) is 11.3 Å². The average Bonchev–Trinajstić information content (AvgIpc) is 2.82. The molecule has 2 N–H and O–H groups in total. The van der Waals surface area contributed by atoms with Crippen LogP contribution < -0.4 is 10.6 Å². The van der Waals surface area contributed by atoms with E-state index in [0.717, 1.165) is 31.9 Å². The van der Waals surface area contributed by atoms with Gasteiger partial charge in [-0.05, 0) is 31.7 Å². The Kier molecular flexibility index (Phi) is 10.4. The van der Waals surface area contributed by atoms with E-state index in [1.807, 2.05) is 0 Å². The lowest BCUT2D eigenvalue weighted by Crippen LogP contribution is -2.42. The molecule has 3 nitrogen and oxygen atoms in total. The van der Waals surface area contributed by atoms with Gasteiger partial charge in [0.15, 0.2) is 5.96 Å². The minimum Gasteiger partial charge on any atom is -0.357 e. The number of nitrogens with zero attached hydrogens (tertiary/aromatic N) is 1. The van der Waals surface area contributed by atoms with Gasteiger partial charge in [0.25, 0.3) is 0 Å². The van der Waals surface area contributed by atoms with Crippen molar-refractivity contribution in [3.8, 4) is 0 Å². The molecular weight excluding hydrogens is 357 g/mol. The first-order valence-corrected chi connectivity index (χ1v) is 7.21. The first-order valence-electron chi connectivity index (χ1n) is 6.33. The number of guanidine groups is 1. The molecule has 0 radical (unpaired) electrons. The second-order valence-corrected chi connectivity index (χ2v) is 5.08. The van der Waals surface area contributed by atoms with Gasteiger partial charge in [-0.2, -0.15) is 0 Å². The lowest BCUT2D eigenvalue weighted by atomic mass is 10.3. The summed E-state index contributed by atoms with van der Waals surface area (Å²) in [7, 11) is 0. The van der Waals surface area contributed by atoms with Gasteiger partial charge in [-0.1, -0.05) is 13.0 Å². The number of thiophene rings is 1. The molecule has 0 fully saturated rings. The summed E-state index contributed by atoms with van der Waals surface area (Å²) in [5.41, 5.74) is 0. The molecule has 0 aliphatic heterocycles. The highest BCUT2D eigenvalue weighted by atomic mass is 127. The minimum atomic E-state index is 0. The fraction of sp³-hybridized carbons (Fsp3) is 0.615. The maximum atomic E-state index is 4.58. The van der Waals surface area contributed by atoms with E-state index in [0.29, 0.717) is 6.04 Å². The van der Waals surface area contributed by atoms with Gasteiger partial charge in [0.1, 0.15) is 0 Å². The molecule has 0 bridgehead atoms. The summed E-state index contributed by atoms with van der Waals surface area (Å²) < 4.78 is 0. The first-order chi connectivity index (χ1) is 8.26. The van der Waals surface area contributed by atoms with Crippen LogP contribution in [0.25, 0.3) is 0 Å². The maximum Gasteiger partial charge on any atom is 0.191 e. The first kappa shape index (κ1) is 17.7. The van der Waals surface area contributed by atoms with Gasteiger partial charge in [-0.3, -0.25) is 4.99 Å². The Bertz CT molecular complexity index is 325. The summed E-state index contributed by atoms with van der Waals surface area (Å²) >= 11 is 1.80. The topological polar surface area (TPSA) is 36.4 Å². The number of hydrogen-bond acceptors (Lipinski definition) is 2. The van der Waals surface area contributed by atoms with Crippen LogP contribution in [0.5, 0.6) is 0 Å². The van der Waals surface area contributed by atoms with Crippen molar-refractivity contribution in [2.24, 2.45) is 4.99 Å². The summed E-state index contributed by atoms with van der Waals surface area (Å²) in [6.07, 6.45) is 2.13. The molecular formula is C13H24IN3S. The standard InChI is InChI=1S/C13H23N3S.HI/c1-4-11(3)16-13(14-5-2)15-9-8-12-7-6-10-17-12;/h6-7,10-11H,4-5,8-9H2,1-3H3,(H2,14,15,16);1H.